The zero-order valence-corrected chi connectivity index (χ0v) is 12.4. The molecule has 2 rings (SSSR count). The van der Waals surface area contributed by atoms with Crippen molar-refractivity contribution in [2.45, 2.75) is 13.8 Å². The smallest absolute Gasteiger partial charge is 0.408 e. The fraction of sp³-hybridized carbons (Fsp3) is 0.429. The lowest BCUT2D eigenvalue weighted by Crippen LogP contribution is -2.37. The topological polar surface area (TPSA) is 104 Å². The molecule has 1 aromatic carbocycles. The SMILES string of the molecule is CC(C)CNC(=O)CN(C)c1cc2[nH]c(=O)oc2cc1N. The summed E-state index contributed by atoms with van der Waals surface area (Å²) in [5, 5.41) is 2.85. The number of rotatable bonds is 5. The number of carbonyl (C=O) groups excluding carboxylic acids is 1. The molecule has 21 heavy (non-hydrogen) atoms. The second-order valence-electron chi connectivity index (χ2n) is 5.48. The van der Waals surface area contributed by atoms with Gasteiger partial charge < -0.3 is 20.4 Å². The Hall–Kier alpha value is -2.44. The summed E-state index contributed by atoms with van der Waals surface area (Å²) in [5.41, 5.74) is 8.02. The van der Waals surface area contributed by atoms with Crippen LogP contribution in [0.2, 0.25) is 0 Å². The van der Waals surface area contributed by atoms with E-state index in [-0.39, 0.29) is 12.5 Å². The number of anilines is 2. The molecule has 0 fully saturated rings. The van der Waals surface area contributed by atoms with Crippen LogP contribution in [0.15, 0.2) is 21.3 Å². The highest BCUT2D eigenvalue weighted by atomic mass is 16.4. The quantitative estimate of drug-likeness (QED) is 0.711. The highest BCUT2D eigenvalue weighted by Crippen LogP contribution is 2.26. The number of H-pyrrole nitrogens is 1. The molecule has 0 radical (unpaired) electrons. The fourth-order valence-electron chi connectivity index (χ4n) is 2.01. The van der Waals surface area contributed by atoms with E-state index in [0.29, 0.717) is 34.9 Å². The Morgan fingerprint density at radius 3 is 2.86 bits per heavy atom. The van der Waals surface area contributed by atoms with E-state index in [2.05, 4.69) is 10.3 Å². The first-order chi connectivity index (χ1) is 9.86. The lowest BCUT2D eigenvalue weighted by Gasteiger charge is -2.20. The van der Waals surface area contributed by atoms with Gasteiger partial charge in [0.25, 0.3) is 0 Å². The maximum atomic E-state index is 11.8. The Bertz CT molecular complexity index is 702. The van der Waals surface area contributed by atoms with Gasteiger partial charge in [0, 0.05) is 19.7 Å². The number of aromatic amines is 1. The van der Waals surface area contributed by atoms with Gasteiger partial charge in [-0.1, -0.05) is 13.8 Å². The van der Waals surface area contributed by atoms with E-state index in [1.54, 1.807) is 24.1 Å². The molecule has 0 aliphatic rings. The van der Waals surface area contributed by atoms with Gasteiger partial charge >= 0.3 is 5.76 Å². The van der Waals surface area contributed by atoms with Crippen molar-refractivity contribution in [2.75, 3.05) is 30.8 Å². The summed E-state index contributed by atoms with van der Waals surface area (Å²) < 4.78 is 4.94. The molecule has 4 N–H and O–H groups in total. The molecule has 7 nitrogen and oxygen atoms in total. The third kappa shape index (κ3) is 3.56. The minimum Gasteiger partial charge on any atom is -0.408 e. The third-order valence-corrected chi connectivity index (χ3v) is 3.07. The van der Waals surface area contributed by atoms with Crippen LogP contribution in [0.3, 0.4) is 0 Å². The van der Waals surface area contributed by atoms with Crippen molar-refractivity contribution in [2.24, 2.45) is 5.92 Å². The summed E-state index contributed by atoms with van der Waals surface area (Å²) in [4.78, 5) is 27.3. The van der Waals surface area contributed by atoms with Crippen molar-refractivity contribution in [3.8, 4) is 0 Å². The Labute approximate surface area is 122 Å². The van der Waals surface area contributed by atoms with Crippen molar-refractivity contribution in [3.63, 3.8) is 0 Å². The average Bonchev–Trinajstić information content (AvgIpc) is 2.74. The fourth-order valence-corrected chi connectivity index (χ4v) is 2.01. The molecule has 0 aliphatic heterocycles. The molecule has 0 unspecified atom stereocenters. The minimum atomic E-state index is -0.529. The predicted octanol–water partition coefficient (Wildman–Crippen LogP) is 0.912. The van der Waals surface area contributed by atoms with Crippen molar-refractivity contribution in [1.29, 1.82) is 0 Å². The number of amides is 1. The zero-order valence-electron chi connectivity index (χ0n) is 12.4. The van der Waals surface area contributed by atoms with Gasteiger partial charge in [-0.25, -0.2) is 4.79 Å². The van der Waals surface area contributed by atoms with E-state index in [4.69, 9.17) is 10.2 Å². The summed E-state index contributed by atoms with van der Waals surface area (Å²) in [5.74, 6) is -0.207. The molecule has 114 valence electrons. The van der Waals surface area contributed by atoms with Crippen molar-refractivity contribution in [3.05, 3.63) is 22.7 Å². The van der Waals surface area contributed by atoms with Crippen LogP contribution in [0.1, 0.15) is 13.8 Å². The average molecular weight is 292 g/mol. The number of carbonyl (C=O) groups is 1. The number of oxazole rings is 1. The lowest BCUT2D eigenvalue weighted by molar-refractivity contribution is -0.119. The van der Waals surface area contributed by atoms with Crippen LogP contribution in [0.4, 0.5) is 11.4 Å². The molecular formula is C14H20N4O3. The summed E-state index contributed by atoms with van der Waals surface area (Å²) in [6.45, 7) is 4.89. The number of aromatic nitrogens is 1. The molecule has 0 saturated carbocycles. The van der Waals surface area contributed by atoms with E-state index < -0.39 is 5.76 Å². The molecule has 0 spiro atoms. The summed E-state index contributed by atoms with van der Waals surface area (Å²) in [6.07, 6.45) is 0. The van der Waals surface area contributed by atoms with Gasteiger partial charge in [-0.2, -0.15) is 0 Å². The Balaban J connectivity index is 2.15. The van der Waals surface area contributed by atoms with Gasteiger partial charge in [-0.3, -0.25) is 9.78 Å². The monoisotopic (exact) mass is 292 g/mol. The van der Waals surface area contributed by atoms with Gasteiger partial charge in [-0.05, 0) is 12.0 Å². The molecule has 2 aromatic rings. The predicted molar refractivity (Wildman–Crippen MR) is 82.4 cm³/mol. The molecular weight excluding hydrogens is 272 g/mol. The summed E-state index contributed by atoms with van der Waals surface area (Å²) >= 11 is 0. The number of likely N-dealkylation sites (N-methyl/N-ethyl adjacent to an activating group) is 1. The van der Waals surface area contributed by atoms with Gasteiger partial charge in [0.05, 0.1) is 23.4 Å². The molecule has 0 aliphatic carbocycles. The normalized spacial score (nSPS) is 11.0. The lowest BCUT2D eigenvalue weighted by atomic mass is 10.2. The Morgan fingerprint density at radius 2 is 2.19 bits per heavy atom. The molecule has 0 saturated heterocycles. The molecule has 0 atom stereocenters. The first-order valence-corrected chi connectivity index (χ1v) is 6.77. The van der Waals surface area contributed by atoms with Crippen LogP contribution < -0.4 is 21.7 Å². The molecule has 0 bridgehead atoms. The van der Waals surface area contributed by atoms with Gasteiger partial charge in [-0.15, -0.1) is 0 Å². The number of nitrogens with two attached hydrogens (primary N) is 1. The number of nitrogen functional groups attached to an aromatic ring is 1. The molecule has 7 heteroatoms. The highest BCUT2D eigenvalue weighted by Gasteiger charge is 2.13. The standard InChI is InChI=1S/C14H20N4O3/c1-8(2)6-16-13(19)7-18(3)11-5-10-12(4-9(11)15)21-14(20)17-10/h4-5,8H,6-7,15H2,1-3H3,(H,16,19)(H,17,20). The van der Waals surface area contributed by atoms with Gasteiger partial charge in [0.1, 0.15) is 0 Å². The van der Waals surface area contributed by atoms with E-state index in [1.165, 1.54) is 0 Å². The second kappa shape index (κ2) is 5.90. The van der Waals surface area contributed by atoms with Crippen LogP contribution >= 0.6 is 0 Å². The van der Waals surface area contributed by atoms with Crippen molar-refractivity contribution in [1.82, 2.24) is 10.3 Å². The Morgan fingerprint density at radius 1 is 1.48 bits per heavy atom. The highest BCUT2D eigenvalue weighted by molar-refractivity contribution is 5.88. The number of nitrogens with one attached hydrogen (secondary N) is 2. The molecule has 1 heterocycles. The van der Waals surface area contributed by atoms with Crippen molar-refractivity contribution < 1.29 is 9.21 Å². The summed E-state index contributed by atoms with van der Waals surface area (Å²) in [6, 6.07) is 3.27. The van der Waals surface area contributed by atoms with Crippen LogP contribution in [-0.2, 0) is 4.79 Å². The summed E-state index contributed by atoms with van der Waals surface area (Å²) in [7, 11) is 1.77. The first kappa shape index (κ1) is 15.0. The number of hydrogen-bond donors (Lipinski definition) is 3. The largest absolute Gasteiger partial charge is 0.417 e. The maximum Gasteiger partial charge on any atom is 0.417 e. The van der Waals surface area contributed by atoms with E-state index in [1.807, 2.05) is 13.8 Å². The van der Waals surface area contributed by atoms with E-state index >= 15 is 0 Å². The molecule has 1 amide bonds. The number of benzene rings is 1. The van der Waals surface area contributed by atoms with Crippen LogP contribution in [0, 0.1) is 5.92 Å². The van der Waals surface area contributed by atoms with Crippen LogP contribution in [0.5, 0.6) is 0 Å². The van der Waals surface area contributed by atoms with Crippen LogP contribution in [-0.4, -0.2) is 31.0 Å². The van der Waals surface area contributed by atoms with Gasteiger partial charge in [0.2, 0.25) is 5.91 Å². The van der Waals surface area contributed by atoms with Crippen molar-refractivity contribution >= 4 is 28.4 Å². The Kier molecular flexibility index (Phi) is 4.21. The maximum absolute atomic E-state index is 11.8. The van der Waals surface area contributed by atoms with E-state index in [9.17, 15) is 9.59 Å². The van der Waals surface area contributed by atoms with Crippen LogP contribution in [0.25, 0.3) is 11.1 Å². The number of nitrogens with zero attached hydrogens (tertiary/aromatic N) is 1. The van der Waals surface area contributed by atoms with E-state index in [0.717, 1.165) is 0 Å². The first-order valence-electron chi connectivity index (χ1n) is 6.77. The third-order valence-electron chi connectivity index (χ3n) is 3.07. The number of hydrogen-bond acceptors (Lipinski definition) is 5. The number of fused-ring (bicyclic) bond motifs is 1. The molecule has 1 aromatic heterocycles. The minimum absolute atomic E-state index is 0.0774. The second-order valence-corrected chi connectivity index (χ2v) is 5.48. The van der Waals surface area contributed by atoms with Gasteiger partial charge in [0.15, 0.2) is 5.58 Å². The zero-order chi connectivity index (χ0) is 15.6.